The molecule has 0 saturated carbocycles. The van der Waals surface area contributed by atoms with Crippen molar-refractivity contribution in [2.75, 3.05) is 38.2 Å². The molecule has 2 fully saturated rings. The fourth-order valence-electron chi connectivity index (χ4n) is 3.25. The second-order valence-electron chi connectivity index (χ2n) is 5.77. The van der Waals surface area contributed by atoms with Gasteiger partial charge in [-0.05, 0) is 19.2 Å². The maximum atomic E-state index is 12.2. The quantitative estimate of drug-likeness (QED) is 0.824. The van der Waals surface area contributed by atoms with Crippen molar-refractivity contribution >= 4 is 16.9 Å². The number of aromatic amines is 1. The van der Waals surface area contributed by atoms with Crippen molar-refractivity contribution in [1.82, 2.24) is 14.9 Å². The molecular formula is C15H18N4O2. The number of aromatic nitrogens is 2. The van der Waals surface area contributed by atoms with Gasteiger partial charge in [-0.1, -0.05) is 12.1 Å². The molecule has 1 aromatic carbocycles. The van der Waals surface area contributed by atoms with Crippen LogP contribution in [0.2, 0.25) is 0 Å². The third-order valence-corrected chi connectivity index (χ3v) is 4.48. The highest BCUT2D eigenvalue weighted by Gasteiger charge is 2.39. The summed E-state index contributed by atoms with van der Waals surface area (Å²) in [4.78, 5) is 24.1. The van der Waals surface area contributed by atoms with E-state index in [0.717, 1.165) is 31.8 Å². The van der Waals surface area contributed by atoms with Crippen LogP contribution in [-0.2, 0) is 4.74 Å². The van der Waals surface area contributed by atoms with Crippen LogP contribution in [-0.4, -0.2) is 60.3 Å². The number of para-hydroxylation sites is 1. The number of fused-ring (bicyclic) bond motifs is 2. The van der Waals surface area contributed by atoms with Gasteiger partial charge in [0.2, 0.25) is 5.95 Å². The maximum Gasteiger partial charge on any atom is 0.260 e. The van der Waals surface area contributed by atoms with Crippen LogP contribution in [0.4, 0.5) is 5.95 Å². The lowest BCUT2D eigenvalue weighted by Gasteiger charge is -2.33. The third-order valence-electron chi connectivity index (χ3n) is 4.48. The van der Waals surface area contributed by atoms with Crippen molar-refractivity contribution in [3.05, 3.63) is 34.6 Å². The molecule has 0 aliphatic carbocycles. The van der Waals surface area contributed by atoms with E-state index in [9.17, 15) is 4.79 Å². The average Bonchev–Trinajstić information content (AvgIpc) is 2.93. The van der Waals surface area contributed by atoms with Crippen LogP contribution in [0.5, 0.6) is 0 Å². The van der Waals surface area contributed by atoms with Gasteiger partial charge >= 0.3 is 0 Å². The molecule has 1 aromatic heterocycles. The van der Waals surface area contributed by atoms with Gasteiger partial charge in [-0.2, -0.15) is 0 Å². The number of benzene rings is 1. The highest BCUT2D eigenvalue weighted by atomic mass is 16.5. The van der Waals surface area contributed by atoms with E-state index >= 15 is 0 Å². The minimum absolute atomic E-state index is 0.0836. The summed E-state index contributed by atoms with van der Waals surface area (Å²) in [5.74, 6) is 0.644. The molecule has 2 saturated heterocycles. The Kier molecular flexibility index (Phi) is 2.94. The van der Waals surface area contributed by atoms with Crippen LogP contribution >= 0.6 is 0 Å². The van der Waals surface area contributed by atoms with E-state index < -0.39 is 0 Å². The Morgan fingerprint density at radius 2 is 2.19 bits per heavy atom. The second-order valence-corrected chi connectivity index (χ2v) is 5.77. The van der Waals surface area contributed by atoms with E-state index in [1.54, 1.807) is 6.07 Å². The number of rotatable bonds is 1. The van der Waals surface area contributed by atoms with Crippen LogP contribution in [0.1, 0.15) is 0 Å². The first kappa shape index (κ1) is 12.8. The average molecular weight is 286 g/mol. The fraction of sp³-hybridized carbons (Fsp3) is 0.467. The Hall–Kier alpha value is -1.92. The van der Waals surface area contributed by atoms with Gasteiger partial charge in [0.15, 0.2) is 0 Å². The highest BCUT2D eigenvalue weighted by molar-refractivity contribution is 5.78. The molecule has 0 spiro atoms. The first-order valence-electron chi connectivity index (χ1n) is 7.28. The molecule has 2 aromatic rings. The molecule has 3 heterocycles. The second kappa shape index (κ2) is 4.82. The lowest BCUT2D eigenvalue weighted by molar-refractivity contribution is -0.0362. The summed E-state index contributed by atoms with van der Waals surface area (Å²) in [6, 6.07) is 7.80. The number of hydrogen-bond acceptors (Lipinski definition) is 5. The highest BCUT2D eigenvalue weighted by Crippen LogP contribution is 2.24. The smallest absolute Gasteiger partial charge is 0.260 e. The molecule has 2 aliphatic heterocycles. The third kappa shape index (κ3) is 2.11. The summed E-state index contributed by atoms with van der Waals surface area (Å²) in [6.07, 6.45) is 0.195. The number of nitrogens with one attached hydrogen (secondary N) is 1. The zero-order chi connectivity index (χ0) is 14.4. The molecule has 2 unspecified atom stereocenters. The predicted molar refractivity (Wildman–Crippen MR) is 80.7 cm³/mol. The van der Waals surface area contributed by atoms with E-state index in [0.29, 0.717) is 17.4 Å². The Bertz CT molecular complexity index is 729. The molecule has 0 amide bonds. The molecule has 6 heteroatoms. The summed E-state index contributed by atoms with van der Waals surface area (Å²) in [6.45, 7) is 3.34. The number of nitrogens with zero attached hydrogens (tertiary/aromatic N) is 3. The summed E-state index contributed by atoms with van der Waals surface area (Å²) in [5, 5.41) is 0.631. The van der Waals surface area contributed by atoms with Crippen LogP contribution in [0.3, 0.4) is 0 Å². The molecule has 2 atom stereocenters. The van der Waals surface area contributed by atoms with Gasteiger partial charge in [0.05, 0.1) is 29.7 Å². The Balaban J connectivity index is 1.70. The van der Waals surface area contributed by atoms with E-state index in [1.165, 1.54) is 0 Å². The molecule has 4 rings (SSSR count). The number of hydrogen-bond donors (Lipinski definition) is 1. The summed E-state index contributed by atoms with van der Waals surface area (Å²) < 4.78 is 5.84. The van der Waals surface area contributed by atoms with Crippen LogP contribution in [0, 0.1) is 0 Å². The zero-order valence-corrected chi connectivity index (χ0v) is 12.0. The van der Waals surface area contributed by atoms with Crippen LogP contribution in [0.15, 0.2) is 29.1 Å². The van der Waals surface area contributed by atoms with Crippen molar-refractivity contribution < 1.29 is 4.74 Å². The SMILES string of the molecule is CN1CCOC2CN(c3nc4ccccc4c(=O)[nH]3)CC21. The van der Waals surface area contributed by atoms with E-state index in [4.69, 9.17) is 4.74 Å². The normalized spacial score (nSPS) is 26.2. The summed E-state index contributed by atoms with van der Waals surface area (Å²) in [7, 11) is 2.13. The van der Waals surface area contributed by atoms with Crippen LogP contribution < -0.4 is 10.5 Å². The summed E-state index contributed by atoms with van der Waals surface area (Å²) >= 11 is 0. The van der Waals surface area contributed by atoms with Gasteiger partial charge in [-0.15, -0.1) is 0 Å². The minimum Gasteiger partial charge on any atom is -0.373 e. The number of likely N-dealkylation sites (N-methyl/N-ethyl adjacent to an activating group) is 1. The number of anilines is 1. The van der Waals surface area contributed by atoms with Gasteiger partial charge in [-0.3, -0.25) is 14.7 Å². The minimum atomic E-state index is -0.0836. The van der Waals surface area contributed by atoms with Crippen LogP contribution in [0.25, 0.3) is 10.9 Å². The van der Waals surface area contributed by atoms with Crippen molar-refractivity contribution in [1.29, 1.82) is 0 Å². The molecule has 1 N–H and O–H groups in total. The molecule has 110 valence electrons. The molecule has 2 aliphatic rings. The van der Waals surface area contributed by atoms with Crippen molar-refractivity contribution in [3.8, 4) is 0 Å². The van der Waals surface area contributed by atoms with Gasteiger partial charge in [0, 0.05) is 19.6 Å². The topological polar surface area (TPSA) is 61.5 Å². The van der Waals surface area contributed by atoms with E-state index in [1.807, 2.05) is 18.2 Å². The fourth-order valence-corrected chi connectivity index (χ4v) is 3.25. The number of ether oxygens (including phenoxy) is 1. The molecule has 0 bridgehead atoms. The lowest BCUT2D eigenvalue weighted by Crippen LogP contribution is -2.48. The van der Waals surface area contributed by atoms with Gasteiger partial charge in [0.1, 0.15) is 0 Å². The molecule has 0 radical (unpaired) electrons. The van der Waals surface area contributed by atoms with Gasteiger partial charge < -0.3 is 9.64 Å². The molecular weight excluding hydrogens is 268 g/mol. The van der Waals surface area contributed by atoms with Crippen molar-refractivity contribution in [2.45, 2.75) is 12.1 Å². The summed E-state index contributed by atoms with van der Waals surface area (Å²) in [5.41, 5.74) is 0.653. The Morgan fingerprint density at radius 1 is 1.33 bits per heavy atom. The Morgan fingerprint density at radius 3 is 3.05 bits per heavy atom. The predicted octanol–water partition coefficient (Wildman–Crippen LogP) is 0.442. The van der Waals surface area contributed by atoms with E-state index in [2.05, 4.69) is 26.8 Å². The van der Waals surface area contributed by atoms with E-state index in [-0.39, 0.29) is 11.7 Å². The Labute approximate surface area is 122 Å². The van der Waals surface area contributed by atoms with Crippen molar-refractivity contribution in [2.24, 2.45) is 0 Å². The largest absolute Gasteiger partial charge is 0.373 e. The van der Waals surface area contributed by atoms with Crippen molar-refractivity contribution in [3.63, 3.8) is 0 Å². The van der Waals surface area contributed by atoms with Gasteiger partial charge in [-0.25, -0.2) is 4.98 Å². The number of H-pyrrole nitrogens is 1. The lowest BCUT2D eigenvalue weighted by atomic mass is 10.1. The standard InChI is InChI=1S/C15H18N4O2/c1-18-6-7-21-13-9-19(8-12(13)18)15-16-11-5-3-2-4-10(11)14(20)17-15/h2-5,12-13H,6-9H2,1H3,(H,16,17,20). The molecule has 21 heavy (non-hydrogen) atoms. The maximum absolute atomic E-state index is 12.2. The first-order valence-corrected chi connectivity index (χ1v) is 7.28. The molecule has 6 nitrogen and oxygen atoms in total. The van der Waals surface area contributed by atoms with Gasteiger partial charge in [0.25, 0.3) is 5.56 Å². The zero-order valence-electron chi connectivity index (χ0n) is 12.0. The number of morpholine rings is 1. The first-order chi connectivity index (χ1) is 10.2. The monoisotopic (exact) mass is 286 g/mol.